The average Bonchev–Trinajstić information content (AvgIpc) is 3.48. The summed E-state index contributed by atoms with van der Waals surface area (Å²) >= 11 is 0. The van der Waals surface area contributed by atoms with Gasteiger partial charge in [0, 0.05) is 12.6 Å². The number of rotatable bonds is 13. The Morgan fingerprint density at radius 2 is 1.49 bits per heavy atom. The molecule has 4 rings (SSSR count). The van der Waals surface area contributed by atoms with E-state index in [1.165, 1.54) is 0 Å². The van der Waals surface area contributed by atoms with E-state index in [1.807, 2.05) is 67.6 Å². The molecule has 1 aliphatic rings. The molecule has 1 atom stereocenters. The Hall–Kier alpha value is -3.85. The predicted octanol–water partition coefficient (Wildman–Crippen LogP) is 5.15. The Bertz CT molecular complexity index is 1380. The van der Waals surface area contributed by atoms with Gasteiger partial charge in [-0.1, -0.05) is 68.3 Å². The van der Waals surface area contributed by atoms with E-state index in [4.69, 9.17) is 4.74 Å². The number of carbonyl (C=O) groups is 2. The number of hydrogen-bond acceptors (Lipinski definition) is 5. The molecular formula is C32H39N3O5S. The van der Waals surface area contributed by atoms with Gasteiger partial charge in [0.15, 0.2) is 0 Å². The molecule has 0 spiro atoms. The first-order valence-corrected chi connectivity index (χ1v) is 16.0. The maximum Gasteiger partial charge on any atom is 0.244 e. The molecule has 0 aliphatic heterocycles. The Balaban J connectivity index is 1.54. The number of anilines is 1. The van der Waals surface area contributed by atoms with Crippen LogP contribution < -0.4 is 14.4 Å². The maximum atomic E-state index is 13.9. The van der Waals surface area contributed by atoms with Crippen molar-refractivity contribution in [2.75, 3.05) is 23.7 Å². The topological polar surface area (TPSA) is 96.0 Å². The normalized spacial score (nSPS) is 14.3. The lowest BCUT2D eigenvalue weighted by Gasteiger charge is -2.33. The maximum absolute atomic E-state index is 13.9. The van der Waals surface area contributed by atoms with Crippen LogP contribution in [0, 0.1) is 0 Å². The highest BCUT2D eigenvalue weighted by Crippen LogP contribution is 2.26. The Labute approximate surface area is 243 Å². The molecule has 0 radical (unpaired) electrons. The smallest absolute Gasteiger partial charge is 0.244 e. The standard InChI is InChI=1S/C32H39N3O5S/c1-3-30(32(37)33-26-14-10-11-15-26)34(23-22-25-12-6-4-7-13-25)31(36)24-35(41(2,38)39)27-18-20-29(21-19-27)40-28-16-8-5-9-17-28/h4-9,12-13,16-21,26,30H,3,10-11,14-15,22-24H2,1-2H3,(H,33,37). The van der Waals surface area contributed by atoms with Crippen LogP contribution in [0.25, 0.3) is 0 Å². The van der Waals surface area contributed by atoms with Crippen LogP contribution in [0.2, 0.25) is 0 Å². The summed E-state index contributed by atoms with van der Waals surface area (Å²) in [6.45, 7) is 1.75. The van der Waals surface area contributed by atoms with Crippen molar-refractivity contribution in [1.82, 2.24) is 10.2 Å². The molecule has 0 aromatic heterocycles. The van der Waals surface area contributed by atoms with Crippen LogP contribution in [-0.2, 0) is 26.0 Å². The largest absolute Gasteiger partial charge is 0.457 e. The van der Waals surface area contributed by atoms with Gasteiger partial charge in [-0.15, -0.1) is 0 Å². The fourth-order valence-electron chi connectivity index (χ4n) is 5.18. The summed E-state index contributed by atoms with van der Waals surface area (Å²) in [5.41, 5.74) is 1.37. The van der Waals surface area contributed by atoms with Gasteiger partial charge >= 0.3 is 0 Å². The molecule has 3 aromatic rings. The van der Waals surface area contributed by atoms with E-state index in [1.54, 1.807) is 29.2 Å². The third-order valence-corrected chi connectivity index (χ3v) is 8.50. The first-order valence-electron chi connectivity index (χ1n) is 14.2. The third kappa shape index (κ3) is 8.57. The van der Waals surface area contributed by atoms with Gasteiger partial charge in [-0.25, -0.2) is 8.42 Å². The summed E-state index contributed by atoms with van der Waals surface area (Å²) in [7, 11) is -3.81. The van der Waals surface area contributed by atoms with Crippen molar-refractivity contribution in [3.05, 3.63) is 90.5 Å². The summed E-state index contributed by atoms with van der Waals surface area (Å²) in [6.07, 6.45) is 6.08. The van der Waals surface area contributed by atoms with Gasteiger partial charge in [0.2, 0.25) is 21.8 Å². The minimum absolute atomic E-state index is 0.117. The van der Waals surface area contributed by atoms with Crippen molar-refractivity contribution >= 4 is 27.5 Å². The fourth-order valence-corrected chi connectivity index (χ4v) is 6.03. The number of hydrogen-bond donors (Lipinski definition) is 1. The van der Waals surface area contributed by atoms with Gasteiger partial charge in [0.1, 0.15) is 24.1 Å². The number of nitrogens with zero attached hydrogens (tertiary/aromatic N) is 2. The van der Waals surface area contributed by atoms with E-state index in [-0.39, 0.29) is 11.9 Å². The average molecular weight is 578 g/mol. The van der Waals surface area contributed by atoms with Gasteiger partial charge < -0.3 is 15.0 Å². The first kappa shape index (κ1) is 30.1. The van der Waals surface area contributed by atoms with Crippen LogP contribution in [0.3, 0.4) is 0 Å². The van der Waals surface area contributed by atoms with Gasteiger partial charge in [0.25, 0.3) is 0 Å². The van der Waals surface area contributed by atoms with Crippen LogP contribution >= 0.6 is 0 Å². The quantitative estimate of drug-likeness (QED) is 0.303. The highest BCUT2D eigenvalue weighted by Gasteiger charge is 2.32. The number of carbonyl (C=O) groups excluding carboxylic acids is 2. The highest BCUT2D eigenvalue weighted by atomic mass is 32.2. The molecule has 0 heterocycles. The van der Waals surface area contributed by atoms with Gasteiger partial charge in [-0.2, -0.15) is 0 Å². The van der Waals surface area contributed by atoms with E-state index in [9.17, 15) is 18.0 Å². The van der Waals surface area contributed by atoms with Crippen LogP contribution in [0.15, 0.2) is 84.9 Å². The molecule has 1 fully saturated rings. The molecule has 0 saturated heterocycles. The van der Waals surface area contributed by atoms with Gasteiger partial charge in [-0.3, -0.25) is 13.9 Å². The molecule has 9 heteroatoms. The van der Waals surface area contributed by atoms with E-state index in [2.05, 4.69) is 5.32 Å². The zero-order chi connectivity index (χ0) is 29.2. The zero-order valence-electron chi connectivity index (χ0n) is 23.7. The van der Waals surface area contributed by atoms with Crippen molar-refractivity contribution in [2.45, 2.75) is 57.5 Å². The molecule has 41 heavy (non-hydrogen) atoms. The Kier molecular flexibility index (Phi) is 10.4. The molecule has 2 amide bonds. The number of ether oxygens (including phenoxy) is 1. The molecule has 1 N–H and O–H groups in total. The molecule has 1 unspecified atom stereocenters. The minimum Gasteiger partial charge on any atom is -0.457 e. The van der Waals surface area contributed by atoms with E-state index < -0.39 is 28.5 Å². The second-order valence-electron chi connectivity index (χ2n) is 10.4. The number of amides is 2. The fraction of sp³-hybridized carbons (Fsp3) is 0.375. The molecule has 218 valence electrons. The van der Waals surface area contributed by atoms with Gasteiger partial charge in [-0.05, 0) is 67.6 Å². The number of benzene rings is 3. The molecular weight excluding hydrogens is 538 g/mol. The third-order valence-electron chi connectivity index (χ3n) is 7.35. The number of nitrogens with one attached hydrogen (secondary N) is 1. The summed E-state index contributed by atoms with van der Waals surface area (Å²) in [6, 6.07) is 25.0. The van der Waals surface area contributed by atoms with Gasteiger partial charge in [0.05, 0.1) is 11.9 Å². The minimum atomic E-state index is -3.81. The van der Waals surface area contributed by atoms with Crippen LogP contribution in [0.5, 0.6) is 11.5 Å². The van der Waals surface area contributed by atoms with Crippen molar-refractivity contribution < 1.29 is 22.7 Å². The summed E-state index contributed by atoms with van der Waals surface area (Å²) < 4.78 is 32.7. The monoisotopic (exact) mass is 577 g/mol. The van der Waals surface area contributed by atoms with E-state index >= 15 is 0 Å². The zero-order valence-corrected chi connectivity index (χ0v) is 24.6. The Morgan fingerprint density at radius 1 is 0.902 bits per heavy atom. The second kappa shape index (κ2) is 14.2. The number of para-hydroxylation sites is 1. The molecule has 1 aliphatic carbocycles. The summed E-state index contributed by atoms with van der Waals surface area (Å²) in [5.74, 6) is 0.586. The molecule has 8 nitrogen and oxygen atoms in total. The van der Waals surface area contributed by atoms with E-state index in [0.29, 0.717) is 36.6 Å². The lowest BCUT2D eigenvalue weighted by Crippen LogP contribution is -2.54. The SMILES string of the molecule is CCC(C(=O)NC1CCCC1)N(CCc1ccccc1)C(=O)CN(c1ccc(Oc2ccccc2)cc1)S(C)(=O)=O. The summed E-state index contributed by atoms with van der Waals surface area (Å²) in [4.78, 5) is 28.8. The van der Waals surface area contributed by atoms with Crippen molar-refractivity contribution in [1.29, 1.82) is 0 Å². The van der Waals surface area contributed by atoms with Crippen LogP contribution in [0.1, 0.15) is 44.6 Å². The summed E-state index contributed by atoms with van der Waals surface area (Å²) in [5, 5.41) is 3.13. The predicted molar refractivity (Wildman–Crippen MR) is 161 cm³/mol. The van der Waals surface area contributed by atoms with Crippen LogP contribution in [-0.4, -0.2) is 56.6 Å². The van der Waals surface area contributed by atoms with Crippen LogP contribution in [0.4, 0.5) is 5.69 Å². The highest BCUT2D eigenvalue weighted by molar-refractivity contribution is 7.92. The van der Waals surface area contributed by atoms with Crippen molar-refractivity contribution in [2.24, 2.45) is 0 Å². The van der Waals surface area contributed by atoms with Crippen molar-refractivity contribution in [3.63, 3.8) is 0 Å². The van der Waals surface area contributed by atoms with E-state index in [0.717, 1.165) is 41.8 Å². The molecule has 3 aromatic carbocycles. The lowest BCUT2D eigenvalue weighted by atomic mass is 10.1. The Morgan fingerprint density at radius 3 is 2.07 bits per heavy atom. The van der Waals surface area contributed by atoms with Crippen molar-refractivity contribution in [3.8, 4) is 11.5 Å². The number of sulfonamides is 1. The second-order valence-corrected chi connectivity index (χ2v) is 12.3. The molecule has 1 saturated carbocycles. The first-order chi connectivity index (χ1) is 19.7. The molecule has 0 bridgehead atoms. The lowest BCUT2D eigenvalue weighted by molar-refractivity contribution is -0.139.